The molecule has 0 aromatic heterocycles. The molecule has 3 aliphatic rings. The lowest BCUT2D eigenvalue weighted by Crippen LogP contribution is -2.35. The Balaban J connectivity index is 1.48. The van der Waals surface area contributed by atoms with Gasteiger partial charge >= 0.3 is 0 Å². The van der Waals surface area contributed by atoms with Gasteiger partial charge < -0.3 is 0 Å². The molecule has 1 unspecified atom stereocenters. The van der Waals surface area contributed by atoms with Crippen LogP contribution in [0.15, 0.2) is 60.7 Å². The maximum absolute atomic E-state index is 2.59. The van der Waals surface area contributed by atoms with Crippen LogP contribution >= 0.6 is 0 Å². The molecular weight excluding hydrogens is 352 g/mol. The van der Waals surface area contributed by atoms with Crippen LogP contribution in [0.1, 0.15) is 45.3 Å². The van der Waals surface area contributed by atoms with Gasteiger partial charge in [0.25, 0.3) is 0 Å². The van der Waals surface area contributed by atoms with E-state index in [1.807, 2.05) is 0 Å². The Morgan fingerprint density at radius 1 is 0.893 bits per heavy atom. The van der Waals surface area contributed by atoms with Gasteiger partial charge in [0.15, 0.2) is 0 Å². The van der Waals surface area contributed by atoms with E-state index < -0.39 is 8.07 Å². The number of hydrogen-bond acceptors (Lipinski definition) is 0. The second-order valence-electron chi connectivity index (χ2n) is 9.30. The summed E-state index contributed by atoms with van der Waals surface area (Å²) in [6.45, 7) is 5.18. The van der Waals surface area contributed by atoms with Gasteiger partial charge in [-0.05, 0) is 69.8 Å². The van der Waals surface area contributed by atoms with E-state index in [1.54, 1.807) is 27.5 Å². The minimum absolute atomic E-state index is 0.588. The summed E-state index contributed by atoms with van der Waals surface area (Å²) >= 11 is 0. The molecule has 0 spiro atoms. The fraction of sp³-hybridized carbons (Fsp3) is 0.259. The first-order chi connectivity index (χ1) is 13.6. The molecule has 1 heteroatoms. The summed E-state index contributed by atoms with van der Waals surface area (Å²) in [5.74, 6) is 0. The van der Waals surface area contributed by atoms with Crippen molar-refractivity contribution in [2.24, 2.45) is 0 Å². The highest BCUT2D eigenvalue weighted by molar-refractivity contribution is 6.96. The molecule has 138 valence electrons. The van der Waals surface area contributed by atoms with Gasteiger partial charge in [0.1, 0.15) is 0 Å². The van der Waals surface area contributed by atoms with E-state index >= 15 is 0 Å². The Labute approximate surface area is 168 Å². The van der Waals surface area contributed by atoms with E-state index in [0.29, 0.717) is 5.54 Å². The minimum atomic E-state index is -1.72. The normalized spacial score (nSPS) is 19.6. The Hall–Kier alpha value is -2.38. The predicted octanol–water partition coefficient (Wildman–Crippen LogP) is 6.87. The lowest BCUT2D eigenvalue weighted by Gasteiger charge is -2.32. The van der Waals surface area contributed by atoms with Gasteiger partial charge in [-0.25, -0.2) is 0 Å². The molecule has 0 saturated heterocycles. The second-order valence-corrected chi connectivity index (χ2v) is 13.9. The SMILES string of the molecule is C[Si](C)(C1=CCc2ccc3ccccc3c21)C1C=Cc2cc3c(cc21)CCC3. The standard InChI is InChI=1S/C27H26Si/c1-28(2,25-14-13-22-16-20-7-5-8-21(20)17-24(22)25)26-15-12-19-11-10-18-6-3-4-9-23(18)27(19)26/h3-4,6,9-11,13-17,25H,5,7-8,12H2,1-2H3. The third kappa shape index (κ3) is 2.23. The van der Waals surface area contributed by atoms with Crippen molar-refractivity contribution < 1.29 is 0 Å². The average Bonchev–Trinajstić information content (AvgIpc) is 3.43. The van der Waals surface area contributed by atoms with Gasteiger partial charge in [-0.1, -0.05) is 85.0 Å². The van der Waals surface area contributed by atoms with Crippen molar-refractivity contribution in [3.63, 3.8) is 0 Å². The Morgan fingerprint density at radius 2 is 1.71 bits per heavy atom. The van der Waals surface area contributed by atoms with Gasteiger partial charge in [0.05, 0.1) is 8.07 Å². The van der Waals surface area contributed by atoms with E-state index in [1.165, 1.54) is 41.2 Å². The van der Waals surface area contributed by atoms with Crippen molar-refractivity contribution >= 4 is 30.1 Å². The summed E-state index contributed by atoms with van der Waals surface area (Å²) in [4.78, 5) is 0. The van der Waals surface area contributed by atoms with Crippen molar-refractivity contribution in [1.82, 2.24) is 0 Å². The summed E-state index contributed by atoms with van der Waals surface area (Å²) in [5.41, 5.74) is 9.96. The van der Waals surface area contributed by atoms with Crippen molar-refractivity contribution in [2.45, 2.75) is 44.3 Å². The minimum Gasteiger partial charge on any atom is -0.0802 e. The molecule has 0 aliphatic heterocycles. The van der Waals surface area contributed by atoms with E-state index in [-0.39, 0.29) is 0 Å². The van der Waals surface area contributed by atoms with Crippen LogP contribution in [-0.4, -0.2) is 8.07 Å². The molecule has 0 heterocycles. The van der Waals surface area contributed by atoms with E-state index in [0.717, 1.165) is 6.42 Å². The zero-order valence-electron chi connectivity index (χ0n) is 16.8. The van der Waals surface area contributed by atoms with Crippen LogP contribution in [0.25, 0.3) is 22.0 Å². The number of aryl methyl sites for hydroxylation is 2. The molecule has 3 aromatic rings. The molecule has 3 aromatic carbocycles. The molecule has 28 heavy (non-hydrogen) atoms. The van der Waals surface area contributed by atoms with Crippen molar-refractivity contribution in [3.05, 3.63) is 94.1 Å². The van der Waals surface area contributed by atoms with Crippen LogP contribution < -0.4 is 0 Å². The van der Waals surface area contributed by atoms with Crippen LogP contribution in [-0.2, 0) is 19.3 Å². The fourth-order valence-electron chi connectivity index (χ4n) is 5.88. The number of hydrogen-bond donors (Lipinski definition) is 0. The summed E-state index contributed by atoms with van der Waals surface area (Å²) in [7, 11) is -1.72. The van der Waals surface area contributed by atoms with Crippen molar-refractivity contribution in [2.75, 3.05) is 0 Å². The number of fused-ring (bicyclic) bond motifs is 5. The van der Waals surface area contributed by atoms with Gasteiger partial charge in [-0.3, -0.25) is 0 Å². The highest BCUT2D eigenvalue weighted by Gasteiger charge is 2.41. The predicted molar refractivity (Wildman–Crippen MR) is 123 cm³/mol. The zero-order chi connectivity index (χ0) is 18.9. The van der Waals surface area contributed by atoms with E-state index in [4.69, 9.17) is 0 Å². The summed E-state index contributed by atoms with van der Waals surface area (Å²) < 4.78 is 0. The molecule has 1 atom stereocenters. The monoisotopic (exact) mass is 378 g/mol. The van der Waals surface area contributed by atoms with Crippen LogP contribution in [0.2, 0.25) is 13.1 Å². The summed E-state index contributed by atoms with van der Waals surface area (Å²) in [5, 5.41) is 4.49. The third-order valence-electron chi connectivity index (χ3n) is 7.38. The quantitative estimate of drug-likeness (QED) is 0.427. The van der Waals surface area contributed by atoms with E-state index in [9.17, 15) is 0 Å². The Kier molecular flexibility index (Phi) is 3.44. The van der Waals surface area contributed by atoms with Crippen LogP contribution in [0.4, 0.5) is 0 Å². The van der Waals surface area contributed by atoms with Crippen LogP contribution in [0.3, 0.4) is 0 Å². The second kappa shape index (κ2) is 5.81. The third-order valence-corrected chi connectivity index (χ3v) is 11.3. The highest BCUT2D eigenvalue weighted by Crippen LogP contribution is 2.48. The van der Waals surface area contributed by atoms with Crippen molar-refractivity contribution in [3.8, 4) is 0 Å². The number of rotatable bonds is 2. The van der Waals surface area contributed by atoms with Crippen LogP contribution in [0.5, 0.6) is 0 Å². The molecule has 0 fully saturated rings. The molecule has 6 rings (SSSR count). The molecule has 0 bridgehead atoms. The number of benzene rings is 3. The van der Waals surface area contributed by atoms with Crippen molar-refractivity contribution in [1.29, 1.82) is 0 Å². The molecule has 0 amide bonds. The lowest BCUT2D eigenvalue weighted by molar-refractivity contribution is 0.911. The molecule has 0 nitrogen and oxygen atoms in total. The molecule has 0 radical (unpaired) electrons. The highest BCUT2D eigenvalue weighted by atomic mass is 28.3. The van der Waals surface area contributed by atoms with Gasteiger partial charge in [0, 0.05) is 5.54 Å². The molecular formula is C27H26Si. The summed E-state index contributed by atoms with van der Waals surface area (Å²) in [6.07, 6.45) is 12.5. The first kappa shape index (κ1) is 16.6. The number of allylic oxidation sites excluding steroid dienone is 2. The smallest absolute Gasteiger partial charge is 0.0802 e. The largest absolute Gasteiger partial charge is 0.0923 e. The molecule has 0 N–H and O–H groups in total. The van der Waals surface area contributed by atoms with Gasteiger partial charge in [-0.2, -0.15) is 0 Å². The molecule has 0 saturated carbocycles. The molecule has 3 aliphatic carbocycles. The maximum Gasteiger partial charge on any atom is 0.0923 e. The fourth-order valence-corrected chi connectivity index (χ4v) is 9.39. The van der Waals surface area contributed by atoms with Gasteiger partial charge in [-0.15, -0.1) is 0 Å². The zero-order valence-corrected chi connectivity index (χ0v) is 17.8. The van der Waals surface area contributed by atoms with Gasteiger partial charge in [0.2, 0.25) is 0 Å². The lowest BCUT2D eigenvalue weighted by atomic mass is 10.0. The first-order valence-corrected chi connectivity index (χ1v) is 13.8. The average molecular weight is 379 g/mol. The first-order valence-electron chi connectivity index (χ1n) is 10.7. The topological polar surface area (TPSA) is 0 Å². The Bertz CT molecular complexity index is 1190. The van der Waals surface area contributed by atoms with Crippen LogP contribution in [0, 0.1) is 0 Å². The summed E-state index contributed by atoms with van der Waals surface area (Å²) in [6, 6.07) is 18.6. The Morgan fingerprint density at radius 3 is 2.61 bits per heavy atom. The van der Waals surface area contributed by atoms with E-state index in [2.05, 4.69) is 79.9 Å². The maximum atomic E-state index is 2.59.